The Labute approximate surface area is 159 Å². The third kappa shape index (κ3) is 3.27. The van der Waals surface area contributed by atoms with Crippen molar-refractivity contribution in [3.8, 4) is 0 Å². The molecule has 2 aliphatic heterocycles. The number of hydrogen-bond acceptors (Lipinski definition) is 8. The number of carbonyl (C=O) groups is 2. The van der Waals surface area contributed by atoms with E-state index in [0.29, 0.717) is 5.70 Å². The van der Waals surface area contributed by atoms with Crippen LogP contribution in [-0.4, -0.2) is 50.0 Å². The Balaban J connectivity index is 1.99. The van der Waals surface area contributed by atoms with Gasteiger partial charge in [-0.25, -0.2) is 0 Å². The minimum Gasteiger partial charge on any atom is -0.368 e. The Kier molecular flexibility index (Phi) is 5.04. The maximum atomic E-state index is 13.0. The monoisotopic (exact) mass is 399 g/mol. The van der Waals surface area contributed by atoms with Gasteiger partial charge in [0.05, 0.1) is 10.3 Å². The van der Waals surface area contributed by atoms with E-state index in [-0.39, 0.29) is 21.6 Å². The second-order valence-corrected chi connectivity index (χ2v) is 11.1. The Hall–Kier alpha value is -0.900. The third-order valence-corrected chi connectivity index (χ3v) is 8.07. The zero-order chi connectivity index (χ0) is 18.5. The molecule has 3 heterocycles. The van der Waals surface area contributed by atoms with Crippen LogP contribution in [0.3, 0.4) is 0 Å². The lowest BCUT2D eigenvalue weighted by molar-refractivity contribution is -0.160. The molecule has 0 saturated carbocycles. The molecule has 1 unspecified atom stereocenters. The summed E-state index contributed by atoms with van der Waals surface area (Å²) in [6, 6.07) is 0. The number of amides is 1. The van der Waals surface area contributed by atoms with E-state index < -0.39 is 11.5 Å². The van der Waals surface area contributed by atoms with E-state index in [1.807, 2.05) is 34.6 Å². The maximum absolute atomic E-state index is 13.0. The number of fused-ring (bicyclic) bond motifs is 1. The molecule has 1 amide bonds. The number of aromatic nitrogens is 2. The number of hydrogen-bond donors (Lipinski definition) is 0. The molecule has 6 nitrogen and oxygen atoms in total. The molecule has 0 aromatic carbocycles. The van der Waals surface area contributed by atoms with Crippen molar-refractivity contribution < 1.29 is 14.3 Å². The van der Waals surface area contributed by atoms with Gasteiger partial charge in [0.2, 0.25) is 0 Å². The summed E-state index contributed by atoms with van der Waals surface area (Å²) in [5, 5.41) is 8.97. The number of aryl methyl sites for hydroxylation is 1. The molecule has 1 aromatic rings. The van der Waals surface area contributed by atoms with Crippen LogP contribution in [0.1, 0.15) is 32.7 Å². The molecule has 3 rings (SSSR count). The fourth-order valence-electron chi connectivity index (χ4n) is 2.73. The van der Waals surface area contributed by atoms with Gasteiger partial charge in [-0.15, -0.1) is 22.0 Å². The molecule has 2 aliphatic rings. The number of thioether (sulfide) groups is 2. The molecule has 0 spiro atoms. The predicted molar refractivity (Wildman–Crippen MR) is 100 cm³/mol. The number of carbonyl (C=O) groups excluding carboxylic acids is 2. The quantitative estimate of drug-likeness (QED) is 0.720. The summed E-state index contributed by atoms with van der Waals surface area (Å²) in [5.41, 5.74) is 0.867. The molecule has 1 fully saturated rings. The molecule has 136 valence electrons. The minimum absolute atomic E-state index is 0.000602. The van der Waals surface area contributed by atoms with Crippen LogP contribution in [0, 0.1) is 12.3 Å². The summed E-state index contributed by atoms with van der Waals surface area (Å²) in [7, 11) is 1.53. The van der Waals surface area contributed by atoms with Crippen LogP contribution in [0.2, 0.25) is 0 Å². The van der Waals surface area contributed by atoms with Gasteiger partial charge in [-0.3, -0.25) is 14.5 Å². The molecule has 0 N–H and O–H groups in total. The average Bonchev–Trinajstić information content (AvgIpc) is 2.93. The first-order valence-corrected chi connectivity index (χ1v) is 10.5. The Morgan fingerprint density at radius 3 is 2.48 bits per heavy atom. The Bertz CT molecular complexity index is 753. The fourth-order valence-corrected chi connectivity index (χ4v) is 6.84. The summed E-state index contributed by atoms with van der Waals surface area (Å²) < 4.78 is 6.21. The number of allylic oxidation sites excluding steroid dienone is 1. The average molecular weight is 400 g/mol. The van der Waals surface area contributed by atoms with Crippen molar-refractivity contribution in [3.63, 3.8) is 0 Å². The second kappa shape index (κ2) is 6.68. The first kappa shape index (κ1) is 18.9. The van der Waals surface area contributed by atoms with Gasteiger partial charge in [0.25, 0.3) is 5.91 Å². The number of β-lactam (4-membered cyclic amide) rings is 1. The van der Waals surface area contributed by atoms with Gasteiger partial charge in [0, 0.05) is 12.5 Å². The zero-order valence-electron chi connectivity index (χ0n) is 15.0. The van der Waals surface area contributed by atoms with Crippen molar-refractivity contribution in [2.45, 2.75) is 55.0 Å². The van der Waals surface area contributed by atoms with E-state index >= 15 is 0 Å². The molecule has 0 radical (unpaired) electrons. The number of rotatable bonds is 4. The SMILES string of the molecule is CO[C@H]1C(=O)N2C(C(=O)C(C)(C)C)=C(C)C(Sc3nnc(C)s3)S[C@@H]12. The highest BCUT2D eigenvalue weighted by molar-refractivity contribution is 8.18. The molecule has 9 heteroatoms. The molecule has 1 aromatic heterocycles. The van der Waals surface area contributed by atoms with Crippen molar-refractivity contribution in [3.05, 3.63) is 16.3 Å². The van der Waals surface area contributed by atoms with Gasteiger partial charge < -0.3 is 4.74 Å². The lowest BCUT2D eigenvalue weighted by Crippen LogP contribution is -2.66. The normalized spacial score (nSPS) is 26.6. The molecule has 0 bridgehead atoms. The third-order valence-electron chi connectivity index (χ3n) is 4.09. The van der Waals surface area contributed by atoms with Gasteiger partial charge in [-0.05, 0) is 19.4 Å². The standard InChI is InChI=1S/C16H21N3O3S3/c1-7-9(11(20)16(3,4)5)19-12(21)10(22-6)13(19)24-14(7)25-15-18-17-8(2)23-15/h10,13-14H,1-6H3/t10-,13-,14?/m0/s1. The van der Waals surface area contributed by atoms with Gasteiger partial charge in [0.1, 0.15) is 10.4 Å². The van der Waals surface area contributed by atoms with E-state index in [0.717, 1.165) is 14.9 Å². The van der Waals surface area contributed by atoms with E-state index in [1.54, 1.807) is 28.4 Å². The van der Waals surface area contributed by atoms with Gasteiger partial charge in [-0.2, -0.15) is 0 Å². The van der Waals surface area contributed by atoms with Gasteiger partial charge in [-0.1, -0.05) is 43.9 Å². The van der Waals surface area contributed by atoms with Gasteiger partial charge >= 0.3 is 0 Å². The topological polar surface area (TPSA) is 72.4 Å². The molecular formula is C16H21N3O3S3. The van der Waals surface area contributed by atoms with Crippen LogP contribution < -0.4 is 0 Å². The van der Waals surface area contributed by atoms with Crippen molar-refractivity contribution in [2.75, 3.05) is 7.11 Å². The van der Waals surface area contributed by atoms with E-state index in [9.17, 15) is 9.59 Å². The number of Topliss-reactive ketones (excluding diaryl/α,β-unsaturated/α-hetero) is 1. The highest BCUT2D eigenvalue weighted by Gasteiger charge is 2.56. The second-order valence-electron chi connectivity index (χ2n) is 7.04. The predicted octanol–water partition coefficient (Wildman–Crippen LogP) is 3.08. The molecular weight excluding hydrogens is 378 g/mol. The van der Waals surface area contributed by atoms with Crippen LogP contribution in [0.5, 0.6) is 0 Å². The number of ketones is 1. The number of nitrogens with zero attached hydrogens (tertiary/aromatic N) is 3. The van der Waals surface area contributed by atoms with Crippen molar-refractivity contribution in [2.24, 2.45) is 5.41 Å². The minimum atomic E-state index is -0.559. The van der Waals surface area contributed by atoms with Crippen LogP contribution >= 0.6 is 34.9 Å². The summed E-state index contributed by atoms with van der Waals surface area (Å²) in [6.07, 6.45) is -0.500. The lowest BCUT2D eigenvalue weighted by atomic mass is 9.86. The van der Waals surface area contributed by atoms with Crippen molar-refractivity contribution >= 4 is 46.6 Å². The largest absolute Gasteiger partial charge is 0.368 e. The molecule has 25 heavy (non-hydrogen) atoms. The number of ether oxygens (including phenoxy) is 1. The smallest absolute Gasteiger partial charge is 0.260 e. The van der Waals surface area contributed by atoms with Crippen LogP contribution in [0.4, 0.5) is 0 Å². The van der Waals surface area contributed by atoms with E-state index in [1.165, 1.54) is 18.4 Å². The summed E-state index contributed by atoms with van der Waals surface area (Å²) in [6.45, 7) is 9.48. The molecule has 0 aliphatic carbocycles. The number of methoxy groups -OCH3 is 1. The van der Waals surface area contributed by atoms with Gasteiger partial charge in [0.15, 0.2) is 16.2 Å². The Morgan fingerprint density at radius 2 is 1.96 bits per heavy atom. The Morgan fingerprint density at radius 1 is 1.28 bits per heavy atom. The fraction of sp³-hybridized carbons (Fsp3) is 0.625. The van der Waals surface area contributed by atoms with Crippen LogP contribution in [0.15, 0.2) is 15.6 Å². The first-order chi connectivity index (χ1) is 11.6. The highest BCUT2D eigenvalue weighted by Crippen LogP contribution is 2.51. The highest BCUT2D eigenvalue weighted by atomic mass is 32.2. The van der Waals surface area contributed by atoms with Crippen LogP contribution in [-0.2, 0) is 14.3 Å². The van der Waals surface area contributed by atoms with E-state index in [2.05, 4.69) is 10.2 Å². The summed E-state index contributed by atoms with van der Waals surface area (Å²) >= 11 is 4.75. The molecule has 1 saturated heterocycles. The van der Waals surface area contributed by atoms with Crippen LogP contribution in [0.25, 0.3) is 0 Å². The van der Waals surface area contributed by atoms with Crippen molar-refractivity contribution in [1.29, 1.82) is 0 Å². The summed E-state index contributed by atoms with van der Waals surface area (Å²) in [4.78, 5) is 27.1. The first-order valence-electron chi connectivity index (χ1n) is 7.88. The lowest BCUT2D eigenvalue weighted by Gasteiger charge is -2.51. The molecule has 3 atom stereocenters. The van der Waals surface area contributed by atoms with Crippen molar-refractivity contribution in [1.82, 2.24) is 15.1 Å². The summed E-state index contributed by atoms with van der Waals surface area (Å²) in [5.74, 6) is -0.153. The maximum Gasteiger partial charge on any atom is 0.260 e. The zero-order valence-corrected chi connectivity index (χ0v) is 17.5. The van der Waals surface area contributed by atoms with E-state index in [4.69, 9.17) is 4.74 Å².